The van der Waals surface area contributed by atoms with E-state index in [0.29, 0.717) is 13.1 Å². The second-order valence-corrected chi connectivity index (χ2v) is 5.15. The maximum Gasteiger partial charge on any atom is 0.310 e. The summed E-state index contributed by atoms with van der Waals surface area (Å²) in [4.78, 5) is 12.9. The first-order valence-electron chi connectivity index (χ1n) is 4.91. The fourth-order valence-corrected chi connectivity index (χ4v) is 1.80. The van der Waals surface area contributed by atoms with Crippen molar-refractivity contribution in [1.29, 1.82) is 0 Å². The van der Waals surface area contributed by atoms with Crippen molar-refractivity contribution in [1.82, 2.24) is 4.90 Å². The maximum absolute atomic E-state index is 10.9. The van der Waals surface area contributed by atoms with Crippen LogP contribution in [0.4, 0.5) is 0 Å². The Bertz CT molecular complexity index is 236. The average Bonchev–Trinajstić information content (AvgIpc) is 2.28. The van der Waals surface area contributed by atoms with Gasteiger partial charge >= 0.3 is 5.97 Å². The quantitative estimate of drug-likeness (QED) is 0.700. The lowest BCUT2D eigenvalue weighted by molar-refractivity contribution is -0.148. The predicted octanol–water partition coefficient (Wildman–Crippen LogP) is 0.554. The molecule has 0 radical (unpaired) electrons. The van der Waals surface area contributed by atoms with Gasteiger partial charge in [0.2, 0.25) is 0 Å². The van der Waals surface area contributed by atoms with Gasteiger partial charge in [-0.05, 0) is 27.2 Å². The van der Waals surface area contributed by atoms with Crippen LogP contribution in [0.3, 0.4) is 0 Å². The van der Waals surface area contributed by atoms with Crippen molar-refractivity contribution in [3.05, 3.63) is 0 Å². The van der Waals surface area contributed by atoms with Gasteiger partial charge in [-0.1, -0.05) is 0 Å². The molecule has 82 valence electrons. The van der Waals surface area contributed by atoms with Crippen molar-refractivity contribution in [2.24, 2.45) is 5.41 Å². The Kier molecular flexibility index (Phi) is 2.88. The van der Waals surface area contributed by atoms with Crippen LogP contribution in [0.15, 0.2) is 0 Å². The molecule has 0 aliphatic carbocycles. The van der Waals surface area contributed by atoms with Crippen molar-refractivity contribution in [3.63, 3.8) is 0 Å². The second kappa shape index (κ2) is 3.51. The Morgan fingerprint density at radius 3 is 2.50 bits per heavy atom. The van der Waals surface area contributed by atoms with Gasteiger partial charge in [-0.2, -0.15) is 0 Å². The molecule has 1 atom stereocenters. The van der Waals surface area contributed by atoms with Gasteiger partial charge in [-0.3, -0.25) is 9.69 Å². The van der Waals surface area contributed by atoms with E-state index in [2.05, 4.69) is 0 Å². The van der Waals surface area contributed by atoms with E-state index in [4.69, 9.17) is 5.11 Å². The lowest BCUT2D eigenvalue weighted by Gasteiger charge is -2.26. The van der Waals surface area contributed by atoms with Crippen LogP contribution in [0.2, 0.25) is 0 Å². The number of rotatable bonds is 3. The molecule has 4 nitrogen and oxygen atoms in total. The number of hydrogen-bond acceptors (Lipinski definition) is 3. The van der Waals surface area contributed by atoms with Gasteiger partial charge in [0.15, 0.2) is 0 Å². The number of aliphatic carboxylic acids is 1. The summed E-state index contributed by atoms with van der Waals surface area (Å²) in [5, 5.41) is 18.7. The molecule has 0 spiro atoms. The number of hydrogen-bond donors (Lipinski definition) is 2. The number of carbonyl (C=O) groups is 1. The van der Waals surface area contributed by atoms with E-state index in [1.807, 2.05) is 4.90 Å². The molecule has 1 aliphatic rings. The van der Waals surface area contributed by atoms with E-state index >= 15 is 0 Å². The van der Waals surface area contributed by atoms with Gasteiger partial charge in [-0.15, -0.1) is 0 Å². The van der Waals surface area contributed by atoms with Gasteiger partial charge in [0.1, 0.15) is 0 Å². The van der Waals surface area contributed by atoms with Crippen molar-refractivity contribution in [2.75, 3.05) is 19.6 Å². The Morgan fingerprint density at radius 2 is 2.14 bits per heavy atom. The molecule has 0 bridgehead atoms. The minimum absolute atomic E-state index is 0.498. The van der Waals surface area contributed by atoms with Crippen molar-refractivity contribution < 1.29 is 15.0 Å². The summed E-state index contributed by atoms with van der Waals surface area (Å²) < 4.78 is 0. The zero-order valence-electron chi connectivity index (χ0n) is 9.08. The molecular weight excluding hydrogens is 182 g/mol. The van der Waals surface area contributed by atoms with Crippen LogP contribution in [0.5, 0.6) is 0 Å². The number of aliphatic hydroxyl groups is 1. The minimum Gasteiger partial charge on any atom is -0.481 e. The predicted molar refractivity (Wildman–Crippen MR) is 53.1 cm³/mol. The van der Waals surface area contributed by atoms with Gasteiger partial charge in [0.05, 0.1) is 11.0 Å². The van der Waals surface area contributed by atoms with E-state index < -0.39 is 17.0 Å². The van der Waals surface area contributed by atoms with E-state index in [1.165, 1.54) is 0 Å². The molecule has 4 heteroatoms. The van der Waals surface area contributed by atoms with Crippen LogP contribution < -0.4 is 0 Å². The number of likely N-dealkylation sites (tertiary alicyclic amines) is 1. The first kappa shape index (κ1) is 11.5. The Morgan fingerprint density at radius 1 is 1.57 bits per heavy atom. The summed E-state index contributed by atoms with van der Waals surface area (Å²) in [7, 11) is 0. The van der Waals surface area contributed by atoms with Crippen molar-refractivity contribution >= 4 is 5.97 Å². The molecule has 2 N–H and O–H groups in total. The zero-order chi connectivity index (χ0) is 11.0. The van der Waals surface area contributed by atoms with Crippen LogP contribution >= 0.6 is 0 Å². The average molecular weight is 201 g/mol. The summed E-state index contributed by atoms with van der Waals surface area (Å²) in [6.45, 7) is 7.07. The lowest BCUT2D eigenvalue weighted by atomic mass is 9.93. The minimum atomic E-state index is -0.788. The number of carboxylic acids is 1. The molecule has 1 aliphatic heterocycles. The monoisotopic (exact) mass is 201 g/mol. The molecule has 14 heavy (non-hydrogen) atoms. The van der Waals surface area contributed by atoms with E-state index in [-0.39, 0.29) is 0 Å². The van der Waals surface area contributed by atoms with Crippen LogP contribution in [-0.2, 0) is 4.79 Å². The van der Waals surface area contributed by atoms with E-state index in [0.717, 1.165) is 13.0 Å². The lowest BCUT2D eigenvalue weighted by Crippen LogP contribution is -2.39. The molecule has 0 aromatic carbocycles. The summed E-state index contributed by atoms with van der Waals surface area (Å²) in [5.41, 5.74) is -1.38. The number of β-amino-alcohol motifs (C(OH)–C–C–N with tert-alkyl or cyclic N) is 1. The highest BCUT2D eigenvalue weighted by atomic mass is 16.4. The maximum atomic E-state index is 10.9. The highest BCUT2D eigenvalue weighted by Gasteiger charge is 2.36. The topological polar surface area (TPSA) is 60.8 Å². The Hall–Kier alpha value is -0.610. The second-order valence-electron chi connectivity index (χ2n) is 5.15. The molecule has 1 unspecified atom stereocenters. The first-order chi connectivity index (χ1) is 6.23. The molecule has 0 aromatic rings. The standard InChI is InChI=1S/C10H19NO3/c1-9(2,8(12)13)6-11-5-4-10(3,14)7-11/h14H,4-7H2,1-3H3,(H,12,13). The van der Waals surface area contributed by atoms with Crippen LogP contribution in [-0.4, -0.2) is 46.3 Å². The number of carboxylic acid groups (broad SMARTS) is 1. The third kappa shape index (κ3) is 2.69. The van der Waals surface area contributed by atoms with Crippen LogP contribution in [0.1, 0.15) is 27.2 Å². The number of nitrogens with zero attached hydrogens (tertiary/aromatic N) is 1. The zero-order valence-corrected chi connectivity index (χ0v) is 9.08. The Labute approximate surface area is 84.5 Å². The molecular formula is C10H19NO3. The fourth-order valence-electron chi connectivity index (χ4n) is 1.80. The third-order valence-corrected chi connectivity index (χ3v) is 2.73. The molecule has 1 heterocycles. The highest BCUT2D eigenvalue weighted by Crippen LogP contribution is 2.25. The molecule has 1 rings (SSSR count). The van der Waals surface area contributed by atoms with Gasteiger partial charge in [0, 0.05) is 19.6 Å². The Balaban J connectivity index is 2.51. The summed E-state index contributed by atoms with van der Waals surface area (Å²) in [6.07, 6.45) is 0.725. The summed E-state index contributed by atoms with van der Waals surface area (Å²) in [6, 6.07) is 0. The van der Waals surface area contributed by atoms with Crippen molar-refractivity contribution in [3.8, 4) is 0 Å². The summed E-state index contributed by atoms with van der Waals surface area (Å²) >= 11 is 0. The van der Waals surface area contributed by atoms with E-state index in [1.54, 1.807) is 20.8 Å². The van der Waals surface area contributed by atoms with Gasteiger partial charge in [0.25, 0.3) is 0 Å². The highest BCUT2D eigenvalue weighted by molar-refractivity contribution is 5.73. The largest absolute Gasteiger partial charge is 0.481 e. The van der Waals surface area contributed by atoms with Crippen LogP contribution in [0.25, 0.3) is 0 Å². The summed E-state index contributed by atoms with van der Waals surface area (Å²) in [5.74, 6) is -0.788. The molecule has 0 amide bonds. The van der Waals surface area contributed by atoms with Crippen LogP contribution in [0, 0.1) is 5.41 Å². The molecule has 1 fully saturated rings. The fraction of sp³-hybridized carbons (Fsp3) is 0.900. The smallest absolute Gasteiger partial charge is 0.310 e. The molecule has 0 saturated carbocycles. The third-order valence-electron chi connectivity index (χ3n) is 2.73. The van der Waals surface area contributed by atoms with E-state index in [9.17, 15) is 9.90 Å². The SMILES string of the molecule is CC1(O)CCN(CC(C)(C)C(=O)O)C1. The first-order valence-corrected chi connectivity index (χ1v) is 4.91. The molecule has 0 aromatic heterocycles. The van der Waals surface area contributed by atoms with Crippen molar-refractivity contribution in [2.45, 2.75) is 32.8 Å². The van der Waals surface area contributed by atoms with Gasteiger partial charge in [-0.25, -0.2) is 0 Å². The normalized spacial score (nSPS) is 29.4. The molecule has 1 saturated heterocycles. The van der Waals surface area contributed by atoms with Gasteiger partial charge < -0.3 is 10.2 Å².